The number of anilines is 1. The lowest BCUT2D eigenvalue weighted by Crippen LogP contribution is -2.29. The van der Waals surface area contributed by atoms with E-state index in [0.717, 1.165) is 24.1 Å². The number of rotatable bonds is 5. The van der Waals surface area contributed by atoms with Gasteiger partial charge in [0.15, 0.2) is 0 Å². The minimum absolute atomic E-state index is 0.0133. The summed E-state index contributed by atoms with van der Waals surface area (Å²) in [6.45, 7) is 3.54. The summed E-state index contributed by atoms with van der Waals surface area (Å²) in [6, 6.07) is 7.11. The second kappa shape index (κ2) is 5.52. The molecule has 2 rings (SSSR count). The Morgan fingerprint density at radius 2 is 2.06 bits per heavy atom. The van der Waals surface area contributed by atoms with Crippen molar-refractivity contribution in [2.24, 2.45) is 11.8 Å². The first kappa shape index (κ1) is 12.4. The van der Waals surface area contributed by atoms with Crippen molar-refractivity contribution in [2.75, 3.05) is 18.4 Å². The quantitative estimate of drug-likeness (QED) is 0.846. The van der Waals surface area contributed by atoms with Gasteiger partial charge >= 0.3 is 0 Å². The van der Waals surface area contributed by atoms with Gasteiger partial charge in [-0.1, -0.05) is 18.5 Å². The van der Waals surface area contributed by atoms with Crippen LogP contribution in [-0.2, 0) is 4.79 Å². The molecule has 0 bridgehead atoms. The molecule has 92 valence electrons. The number of hydrogen-bond acceptors (Lipinski definition) is 2. The van der Waals surface area contributed by atoms with Crippen molar-refractivity contribution in [2.45, 2.75) is 13.3 Å². The molecular weight excluding hydrogens is 236 g/mol. The third-order valence-corrected chi connectivity index (χ3v) is 3.35. The molecule has 1 aromatic carbocycles. The maximum Gasteiger partial charge on any atom is 0.238 e. The van der Waals surface area contributed by atoms with Gasteiger partial charge in [0.1, 0.15) is 0 Å². The van der Waals surface area contributed by atoms with Crippen molar-refractivity contribution < 1.29 is 4.79 Å². The van der Waals surface area contributed by atoms with E-state index in [9.17, 15) is 4.79 Å². The van der Waals surface area contributed by atoms with Crippen molar-refractivity contribution in [3.8, 4) is 0 Å². The number of amides is 1. The highest BCUT2D eigenvalue weighted by Crippen LogP contribution is 2.36. The number of hydrogen-bond donors (Lipinski definition) is 2. The van der Waals surface area contributed by atoms with Crippen LogP contribution in [0.3, 0.4) is 0 Å². The Labute approximate surface area is 107 Å². The summed E-state index contributed by atoms with van der Waals surface area (Å²) in [6.07, 6.45) is 1.28. The smallest absolute Gasteiger partial charge is 0.238 e. The van der Waals surface area contributed by atoms with Crippen molar-refractivity contribution in [3.05, 3.63) is 29.3 Å². The zero-order valence-corrected chi connectivity index (χ0v) is 10.6. The van der Waals surface area contributed by atoms with Gasteiger partial charge in [-0.2, -0.15) is 0 Å². The second-order valence-corrected chi connectivity index (χ2v) is 5.10. The van der Waals surface area contributed by atoms with Crippen molar-refractivity contribution in [1.82, 2.24) is 5.32 Å². The zero-order valence-electron chi connectivity index (χ0n) is 9.87. The Morgan fingerprint density at radius 3 is 2.65 bits per heavy atom. The number of benzene rings is 1. The van der Waals surface area contributed by atoms with Crippen LogP contribution in [0.1, 0.15) is 13.3 Å². The van der Waals surface area contributed by atoms with Gasteiger partial charge in [0.25, 0.3) is 0 Å². The van der Waals surface area contributed by atoms with Gasteiger partial charge in [0.05, 0.1) is 6.54 Å². The molecular formula is C13H17ClN2O. The van der Waals surface area contributed by atoms with Crippen LogP contribution < -0.4 is 10.6 Å². The van der Waals surface area contributed by atoms with E-state index in [0.29, 0.717) is 11.6 Å². The van der Waals surface area contributed by atoms with Crippen LogP contribution in [0, 0.1) is 11.8 Å². The fourth-order valence-corrected chi connectivity index (χ4v) is 1.92. The van der Waals surface area contributed by atoms with Crippen molar-refractivity contribution in [1.29, 1.82) is 0 Å². The summed E-state index contributed by atoms with van der Waals surface area (Å²) >= 11 is 5.76. The summed E-state index contributed by atoms with van der Waals surface area (Å²) < 4.78 is 0. The van der Waals surface area contributed by atoms with E-state index in [2.05, 4.69) is 17.6 Å². The lowest BCUT2D eigenvalue weighted by Gasteiger charge is -2.06. The van der Waals surface area contributed by atoms with E-state index in [4.69, 9.17) is 11.6 Å². The van der Waals surface area contributed by atoms with E-state index < -0.39 is 0 Å². The Morgan fingerprint density at radius 1 is 1.41 bits per heavy atom. The first-order chi connectivity index (χ1) is 8.15. The number of carbonyl (C=O) groups excluding carboxylic acids is 1. The lowest BCUT2D eigenvalue weighted by atomic mass is 10.3. The Bertz CT molecular complexity index is 391. The van der Waals surface area contributed by atoms with Crippen LogP contribution in [0.25, 0.3) is 0 Å². The zero-order chi connectivity index (χ0) is 12.3. The molecule has 0 aromatic heterocycles. The number of nitrogens with one attached hydrogen (secondary N) is 2. The Kier molecular flexibility index (Phi) is 4.02. The van der Waals surface area contributed by atoms with E-state index in [1.54, 1.807) is 24.3 Å². The van der Waals surface area contributed by atoms with Gasteiger partial charge in [-0.15, -0.1) is 0 Å². The Balaban J connectivity index is 1.68. The molecule has 0 aliphatic heterocycles. The molecule has 2 N–H and O–H groups in total. The molecule has 1 saturated carbocycles. The summed E-state index contributed by atoms with van der Waals surface area (Å²) in [5.74, 6) is 1.57. The third-order valence-electron chi connectivity index (χ3n) is 3.10. The van der Waals surface area contributed by atoms with E-state index in [-0.39, 0.29) is 5.91 Å². The lowest BCUT2D eigenvalue weighted by molar-refractivity contribution is -0.115. The van der Waals surface area contributed by atoms with E-state index in [1.807, 2.05) is 0 Å². The van der Waals surface area contributed by atoms with Crippen LogP contribution in [-0.4, -0.2) is 19.0 Å². The molecule has 0 saturated heterocycles. The van der Waals surface area contributed by atoms with Crippen LogP contribution in [0.4, 0.5) is 5.69 Å². The average Bonchev–Trinajstić information content (AvgIpc) is 2.98. The highest BCUT2D eigenvalue weighted by Gasteiger charge is 2.31. The van der Waals surface area contributed by atoms with Gasteiger partial charge in [0, 0.05) is 10.7 Å². The van der Waals surface area contributed by atoms with Crippen LogP contribution >= 0.6 is 11.6 Å². The first-order valence-corrected chi connectivity index (χ1v) is 6.29. The number of carbonyl (C=O) groups is 1. The van der Waals surface area contributed by atoms with Gasteiger partial charge < -0.3 is 10.6 Å². The normalized spacial score (nSPS) is 22.2. The minimum atomic E-state index is -0.0133. The van der Waals surface area contributed by atoms with Crippen molar-refractivity contribution >= 4 is 23.2 Å². The molecule has 4 heteroatoms. The SMILES string of the molecule is CC1CC1CNCC(=O)Nc1ccc(Cl)cc1. The molecule has 0 radical (unpaired) electrons. The topological polar surface area (TPSA) is 41.1 Å². The molecule has 1 aliphatic carbocycles. The van der Waals surface area contributed by atoms with Gasteiger partial charge in [0.2, 0.25) is 5.91 Å². The second-order valence-electron chi connectivity index (χ2n) is 4.66. The fourth-order valence-electron chi connectivity index (χ4n) is 1.79. The maximum atomic E-state index is 11.6. The van der Waals surface area contributed by atoms with E-state index in [1.165, 1.54) is 6.42 Å². The molecule has 17 heavy (non-hydrogen) atoms. The molecule has 1 amide bonds. The molecule has 1 aromatic rings. The molecule has 0 spiro atoms. The largest absolute Gasteiger partial charge is 0.325 e. The summed E-state index contributed by atoms with van der Waals surface area (Å²) in [5, 5.41) is 6.66. The van der Waals surface area contributed by atoms with Crippen LogP contribution in [0.5, 0.6) is 0 Å². The highest BCUT2D eigenvalue weighted by atomic mass is 35.5. The molecule has 1 aliphatic rings. The predicted octanol–water partition coefficient (Wildman–Crippen LogP) is 2.52. The third kappa shape index (κ3) is 4.02. The van der Waals surface area contributed by atoms with Crippen LogP contribution in [0.2, 0.25) is 5.02 Å². The summed E-state index contributed by atoms with van der Waals surface area (Å²) in [5.41, 5.74) is 0.779. The number of halogens is 1. The summed E-state index contributed by atoms with van der Waals surface area (Å²) in [7, 11) is 0. The predicted molar refractivity (Wildman–Crippen MR) is 70.2 cm³/mol. The standard InChI is InChI=1S/C13H17ClN2O/c1-9-6-10(9)7-15-8-13(17)16-12-4-2-11(14)3-5-12/h2-5,9-10,15H,6-8H2,1H3,(H,16,17). The fraction of sp³-hybridized carbons (Fsp3) is 0.462. The molecule has 3 nitrogen and oxygen atoms in total. The monoisotopic (exact) mass is 252 g/mol. The average molecular weight is 253 g/mol. The Hall–Kier alpha value is -1.06. The van der Waals surface area contributed by atoms with Crippen molar-refractivity contribution in [3.63, 3.8) is 0 Å². The van der Waals surface area contributed by atoms with E-state index >= 15 is 0 Å². The highest BCUT2D eigenvalue weighted by molar-refractivity contribution is 6.30. The molecule has 2 atom stereocenters. The van der Waals surface area contributed by atoms with Crippen LogP contribution in [0.15, 0.2) is 24.3 Å². The van der Waals surface area contributed by atoms with Gasteiger partial charge in [-0.3, -0.25) is 4.79 Å². The molecule has 0 heterocycles. The minimum Gasteiger partial charge on any atom is -0.325 e. The van der Waals surface area contributed by atoms with Gasteiger partial charge in [-0.25, -0.2) is 0 Å². The maximum absolute atomic E-state index is 11.6. The molecule has 2 unspecified atom stereocenters. The summed E-state index contributed by atoms with van der Waals surface area (Å²) in [4.78, 5) is 11.6. The van der Waals surface area contributed by atoms with Gasteiger partial charge in [-0.05, 0) is 49.1 Å². The molecule has 1 fully saturated rings. The first-order valence-electron chi connectivity index (χ1n) is 5.91.